The Hall–Kier alpha value is -2.40. The molecule has 0 spiro atoms. The van der Waals surface area contributed by atoms with Crippen LogP contribution in [0.5, 0.6) is 0 Å². The summed E-state index contributed by atoms with van der Waals surface area (Å²) in [5, 5.41) is 5.99. The van der Waals surface area contributed by atoms with Crippen LogP contribution in [0.3, 0.4) is 0 Å². The van der Waals surface area contributed by atoms with Crippen molar-refractivity contribution in [3.8, 4) is 11.3 Å². The monoisotopic (exact) mass is 382 g/mol. The molecule has 0 radical (unpaired) electrons. The largest absolute Gasteiger partial charge is 0.454 e. The molecule has 0 N–H and O–H groups in total. The average Bonchev–Trinajstić information content (AvgIpc) is 2.90. The molecule has 0 aliphatic carbocycles. The summed E-state index contributed by atoms with van der Waals surface area (Å²) in [6.07, 6.45) is 1.95. The average molecular weight is 383 g/mol. The van der Waals surface area contributed by atoms with E-state index in [4.69, 9.17) is 4.42 Å². The number of benzene rings is 2. The van der Waals surface area contributed by atoms with Gasteiger partial charge in [-0.25, -0.2) is 0 Å². The minimum Gasteiger partial charge on any atom is -0.454 e. The number of aryl methyl sites for hydroxylation is 2. The highest BCUT2D eigenvalue weighted by Gasteiger charge is 2.15. The molecule has 0 atom stereocenters. The number of rotatable bonds is 1. The summed E-state index contributed by atoms with van der Waals surface area (Å²) < 4.78 is 8.69. The minimum absolute atomic E-state index is 0.00179. The van der Waals surface area contributed by atoms with E-state index in [0.29, 0.717) is 22.3 Å². The van der Waals surface area contributed by atoms with Crippen molar-refractivity contribution < 1.29 is 4.42 Å². The number of hydrogen-bond donors (Lipinski definition) is 0. The van der Waals surface area contributed by atoms with E-state index in [1.54, 1.807) is 4.68 Å². The van der Waals surface area contributed by atoms with Crippen molar-refractivity contribution in [2.24, 2.45) is 7.05 Å². The molecule has 0 bridgehead atoms. The normalized spacial score (nSPS) is 11.5. The lowest BCUT2D eigenvalue weighted by molar-refractivity contribution is 0.612. The van der Waals surface area contributed by atoms with E-state index in [-0.39, 0.29) is 5.43 Å². The summed E-state index contributed by atoms with van der Waals surface area (Å²) in [5.74, 6) is 0.600. The van der Waals surface area contributed by atoms with Crippen LogP contribution < -0.4 is 5.43 Å². The van der Waals surface area contributed by atoms with E-state index in [2.05, 4.69) is 21.0 Å². The van der Waals surface area contributed by atoms with Gasteiger partial charge in [0, 0.05) is 29.8 Å². The molecule has 4 nitrogen and oxygen atoms in total. The van der Waals surface area contributed by atoms with Crippen molar-refractivity contribution in [1.82, 2.24) is 9.78 Å². The zero-order chi connectivity index (χ0) is 17.0. The maximum atomic E-state index is 12.8. The highest BCUT2D eigenvalue weighted by molar-refractivity contribution is 9.10. The van der Waals surface area contributed by atoms with Crippen molar-refractivity contribution in [1.29, 1.82) is 0 Å². The second-order valence-electron chi connectivity index (χ2n) is 6.09. The highest BCUT2D eigenvalue weighted by atomic mass is 79.9. The van der Waals surface area contributed by atoms with E-state index in [0.717, 1.165) is 26.5 Å². The molecule has 0 amide bonds. The lowest BCUT2D eigenvalue weighted by atomic mass is 10.0. The molecule has 0 aliphatic rings. The summed E-state index contributed by atoms with van der Waals surface area (Å²) in [7, 11) is 1.89. The van der Waals surface area contributed by atoms with Gasteiger partial charge in [0.25, 0.3) is 0 Å². The second kappa shape index (κ2) is 5.31. The van der Waals surface area contributed by atoms with Crippen LogP contribution in [0.2, 0.25) is 0 Å². The Kier molecular flexibility index (Phi) is 3.35. The number of nitrogens with zero attached hydrogens (tertiary/aromatic N) is 2. The molecule has 2 heterocycles. The van der Waals surface area contributed by atoms with Gasteiger partial charge in [-0.15, -0.1) is 0 Å². The molecule has 4 aromatic rings. The van der Waals surface area contributed by atoms with Crippen LogP contribution >= 0.6 is 15.9 Å². The smallest absolute Gasteiger partial charge is 0.196 e. The third-order valence-corrected chi connectivity index (χ3v) is 4.79. The Morgan fingerprint density at radius 1 is 1.17 bits per heavy atom. The van der Waals surface area contributed by atoms with E-state index < -0.39 is 0 Å². The van der Waals surface area contributed by atoms with Crippen molar-refractivity contribution in [2.75, 3.05) is 0 Å². The number of aromatic nitrogens is 2. The fraction of sp³-hybridized carbons (Fsp3) is 0.158. The molecule has 5 heteroatoms. The molecule has 0 saturated carbocycles. The molecule has 0 aliphatic heterocycles. The molecular formula is C19H15BrN2O2. The topological polar surface area (TPSA) is 48.0 Å². The molecule has 4 rings (SSSR count). The van der Waals surface area contributed by atoms with Crippen LogP contribution in [0.25, 0.3) is 33.2 Å². The molecule has 2 aromatic carbocycles. The Morgan fingerprint density at radius 3 is 2.75 bits per heavy atom. The van der Waals surface area contributed by atoms with Gasteiger partial charge in [0.05, 0.1) is 15.4 Å². The maximum Gasteiger partial charge on any atom is 0.196 e. The highest BCUT2D eigenvalue weighted by Crippen LogP contribution is 2.31. The van der Waals surface area contributed by atoms with E-state index in [9.17, 15) is 4.79 Å². The minimum atomic E-state index is 0.00179. The zero-order valence-corrected chi connectivity index (χ0v) is 15.1. The standard InChI is InChI=1S/C19H15BrN2O2/c1-10-6-14-17(23)11(2)18(24-19(14)15(20)7-10)12-4-5-16-13(8-12)9-22(3)21-16/h4-9H,1-3H3. The van der Waals surface area contributed by atoms with Gasteiger partial charge in [0.2, 0.25) is 0 Å². The van der Waals surface area contributed by atoms with E-state index >= 15 is 0 Å². The first-order chi connectivity index (χ1) is 11.4. The molecule has 0 saturated heterocycles. The number of halogens is 1. The molecule has 120 valence electrons. The third-order valence-electron chi connectivity index (χ3n) is 4.20. The SMILES string of the molecule is Cc1cc(Br)c2oc(-c3ccc4nn(C)cc4c3)c(C)c(=O)c2c1. The van der Waals surface area contributed by atoms with Crippen molar-refractivity contribution in [2.45, 2.75) is 13.8 Å². The van der Waals surface area contributed by atoms with Gasteiger partial charge in [0.1, 0.15) is 5.76 Å². The maximum absolute atomic E-state index is 12.8. The summed E-state index contributed by atoms with van der Waals surface area (Å²) in [6, 6.07) is 9.70. The second-order valence-corrected chi connectivity index (χ2v) is 6.94. The molecule has 24 heavy (non-hydrogen) atoms. The van der Waals surface area contributed by atoms with Crippen molar-refractivity contribution in [3.63, 3.8) is 0 Å². The fourth-order valence-corrected chi connectivity index (χ4v) is 3.71. The lowest BCUT2D eigenvalue weighted by Crippen LogP contribution is -2.07. The predicted octanol–water partition coefficient (Wildman–Crippen LogP) is 4.73. The lowest BCUT2D eigenvalue weighted by Gasteiger charge is -2.09. The van der Waals surface area contributed by atoms with Crippen LogP contribution in [-0.4, -0.2) is 9.78 Å². The van der Waals surface area contributed by atoms with Crippen LogP contribution in [0, 0.1) is 13.8 Å². The van der Waals surface area contributed by atoms with Gasteiger partial charge in [-0.05, 0) is 65.7 Å². The number of hydrogen-bond acceptors (Lipinski definition) is 3. The predicted molar refractivity (Wildman–Crippen MR) is 99.4 cm³/mol. The van der Waals surface area contributed by atoms with Gasteiger partial charge < -0.3 is 4.42 Å². The third kappa shape index (κ3) is 2.27. The summed E-state index contributed by atoms with van der Waals surface area (Å²) >= 11 is 3.51. The number of fused-ring (bicyclic) bond motifs is 2. The van der Waals surface area contributed by atoms with Crippen molar-refractivity contribution in [3.05, 3.63) is 62.4 Å². The summed E-state index contributed by atoms with van der Waals surface area (Å²) in [4.78, 5) is 12.8. The van der Waals surface area contributed by atoms with Gasteiger partial charge in [-0.1, -0.05) is 0 Å². The van der Waals surface area contributed by atoms with Crippen LogP contribution in [0.4, 0.5) is 0 Å². The Labute approximate surface area is 146 Å². The van der Waals surface area contributed by atoms with E-state index in [1.165, 1.54) is 0 Å². The molecule has 0 fully saturated rings. The van der Waals surface area contributed by atoms with E-state index in [1.807, 2.05) is 57.4 Å². The molecule has 2 aromatic heterocycles. The van der Waals surface area contributed by atoms with Crippen LogP contribution in [0.15, 0.2) is 50.2 Å². The fourth-order valence-electron chi connectivity index (χ4n) is 3.05. The van der Waals surface area contributed by atoms with Gasteiger partial charge >= 0.3 is 0 Å². The van der Waals surface area contributed by atoms with Gasteiger partial charge in [-0.3, -0.25) is 9.48 Å². The molecule has 0 unspecified atom stereocenters. The Morgan fingerprint density at radius 2 is 1.96 bits per heavy atom. The van der Waals surface area contributed by atoms with Crippen molar-refractivity contribution >= 4 is 37.8 Å². The zero-order valence-electron chi connectivity index (χ0n) is 13.6. The van der Waals surface area contributed by atoms with Gasteiger partial charge in [0.15, 0.2) is 11.0 Å². The first-order valence-corrected chi connectivity index (χ1v) is 8.40. The molecular weight excluding hydrogens is 368 g/mol. The first-order valence-electron chi connectivity index (χ1n) is 7.61. The summed E-state index contributed by atoms with van der Waals surface area (Å²) in [5.41, 5.74) is 4.01. The quantitative estimate of drug-likeness (QED) is 0.478. The Bertz CT molecular complexity index is 1170. The Balaban J connectivity index is 2.04. The summed E-state index contributed by atoms with van der Waals surface area (Å²) in [6.45, 7) is 3.77. The van der Waals surface area contributed by atoms with Crippen LogP contribution in [-0.2, 0) is 7.05 Å². The van der Waals surface area contributed by atoms with Crippen LogP contribution in [0.1, 0.15) is 11.1 Å². The van der Waals surface area contributed by atoms with Gasteiger partial charge in [-0.2, -0.15) is 5.10 Å². The first kappa shape index (κ1) is 15.1.